The highest BCUT2D eigenvalue weighted by atomic mass is 16.4. The van der Waals surface area contributed by atoms with Crippen LogP contribution in [0.25, 0.3) is 10.9 Å². The lowest BCUT2D eigenvalue weighted by Gasteiger charge is -2.27. The Morgan fingerprint density at radius 1 is 1.09 bits per heavy atom. The second kappa shape index (κ2) is 9.14. The molecule has 0 fully saturated rings. The highest BCUT2D eigenvalue weighted by Crippen LogP contribution is 2.30. The number of carboxylic acid groups (broad SMARTS) is 1. The molecule has 1 N–H and O–H groups in total. The van der Waals surface area contributed by atoms with E-state index in [0.717, 1.165) is 16.2 Å². The molecule has 1 aliphatic rings. The van der Waals surface area contributed by atoms with Gasteiger partial charge in [0, 0.05) is 25.4 Å². The molecule has 1 aliphatic heterocycles. The minimum Gasteiger partial charge on any atom is -0.478 e. The van der Waals surface area contributed by atoms with E-state index >= 15 is 0 Å². The molecule has 1 heterocycles. The summed E-state index contributed by atoms with van der Waals surface area (Å²) < 4.78 is 0. The van der Waals surface area contributed by atoms with Crippen LogP contribution in [0.1, 0.15) is 22.8 Å². The van der Waals surface area contributed by atoms with Crippen molar-refractivity contribution >= 4 is 35.2 Å². The Kier molecular flexibility index (Phi) is 6.36. The standard InChI is InChI=1S/C25H21N3O4/c1-16-21(10-5-7-17-11-13-19(14-12-17)27(3)4)23(29)28(24(30)22(16)26-2)20-9-6-8-18(15-20)25(31)32/h5-15H,1,3-4H3,(H,31,32)/b7-5?,21-10-. The van der Waals surface area contributed by atoms with E-state index in [1.807, 2.05) is 49.3 Å². The van der Waals surface area contributed by atoms with E-state index in [9.17, 15) is 19.5 Å². The average molecular weight is 427 g/mol. The smallest absolute Gasteiger partial charge is 0.335 e. The molecule has 7 heteroatoms. The molecule has 0 aliphatic carbocycles. The van der Waals surface area contributed by atoms with Gasteiger partial charge in [0.05, 0.1) is 17.8 Å². The van der Waals surface area contributed by atoms with Crippen molar-refractivity contribution in [2.24, 2.45) is 0 Å². The van der Waals surface area contributed by atoms with Gasteiger partial charge >= 0.3 is 5.97 Å². The first-order valence-electron chi connectivity index (χ1n) is 9.71. The molecular weight excluding hydrogens is 406 g/mol. The van der Waals surface area contributed by atoms with Gasteiger partial charge in [-0.3, -0.25) is 14.5 Å². The highest BCUT2D eigenvalue weighted by molar-refractivity contribution is 6.30. The van der Waals surface area contributed by atoms with Crippen molar-refractivity contribution in [3.63, 3.8) is 0 Å². The lowest BCUT2D eigenvalue weighted by Crippen LogP contribution is -2.42. The predicted octanol–water partition coefficient (Wildman–Crippen LogP) is 4.16. The fourth-order valence-corrected chi connectivity index (χ4v) is 3.25. The first kappa shape index (κ1) is 22.2. The first-order valence-corrected chi connectivity index (χ1v) is 9.71. The largest absolute Gasteiger partial charge is 0.478 e. The second-order valence-corrected chi connectivity index (χ2v) is 7.31. The number of hydrogen-bond donors (Lipinski definition) is 1. The summed E-state index contributed by atoms with van der Waals surface area (Å²) in [6.07, 6.45) is 5.06. The molecule has 160 valence electrons. The lowest BCUT2D eigenvalue weighted by atomic mass is 9.97. The van der Waals surface area contributed by atoms with Crippen molar-refractivity contribution in [3.05, 3.63) is 100 Å². The highest BCUT2D eigenvalue weighted by Gasteiger charge is 2.36. The van der Waals surface area contributed by atoms with Crippen molar-refractivity contribution in [1.29, 1.82) is 0 Å². The molecule has 0 spiro atoms. The number of carbonyl (C=O) groups excluding carboxylic acids is 2. The molecule has 32 heavy (non-hydrogen) atoms. The Labute approximate surface area is 186 Å². The van der Waals surface area contributed by atoms with Gasteiger partial charge in [0.1, 0.15) is 0 Å². The molecule has 0 aromatic heterocycles. The van der Waals surface area contributed by atoms with E-state index < -0.39 is 17.8 Å². The van der Waals surface area contributed by atoms with Crippen LogP contribution < -0.4 is 9.80 Å². The van der Waals surface area contributed by atoms with Gasteiger partial charge in [-0.1, -0.05) is 36.4 Å². The van der Waals surface area contributed by atoms with Crippen molar-refractivity contribution in [1.82, 2.24) is 0 Å². The fourth-order valence-electron chi connectivity index (χ4n) is 3.25. The van der Waals surface area contributed by atoms with Gasteiger partial charge in [-0.2, -0.15) is 0 Å². The summed E-state index contributed by atoms with van der Waals surface area (Å²) in [6, 6.07) is 13.3. The third kappa shape index (κ3) is 4.35. The molecule has 3 rings (SSSR count). The number of rotatable bonds is 5. The number of imide groups is 1. The molecule has 2 aromatic carbocycles. The van der Waals surface area contributed by atoms with Crippen LogP contribution in [0.3, 0.4) is 0 Å². The third-order valence-electron chi connectivity index (χ3n) is 5.02. The van der Waals surface area contributed by atoms with Crippen LogP contribution in [-0.4, -0.2) is 37.0 Å². The summed E-state index contributed by atoms with van der Waals surface area (Å²) in [6.45, 7) is 8.96. The van der Waals surface area contributed by atoms with Gasteiger partial charge in [0.25, 0.3) is 17.5 Å². The normalized spacial score (nSPS) is 15.4. The maximum absolute atomic E-state index is 13.2. The number of anilines is 2. The number of benzene rings is 2. The van der Waals surface area contributed by atoms with Gasteiger partial charge < -0.3 is 10.0 Å². The third-order valence-corrected chi connectivity index (χ3v) is 5.02. The van der Waals surface area contributed by atoms with Gasteiger partial charge in [0.15, 0.2) is 0 Å². The van der Waals surface area contributed by atoms with E-state index in [-0.39, 0.29) is 28.1 Å². The summed E-state index contributed by atoms with van der Waals surface area (Å²) in [4.78, 5) is 43.4. The number of carbonyl (C=O) groups is 3. The van der Waals surface area contributed by atoms with E-state index in [0.29, 0.717) is 0 Å². The molecule has 0 radical (unpaired) electrons. The average Bonchev–Trinajstić information content (AvgIpc) is 2.77. The SMILES string of the molecule is [C-]#[N+]C1=C(C)/C(=C/C=Cc2ccc(N(C)C)cc2)C(=O)N(c2cccc(C(=O)O)c2)C1=O. The van der Waals surface area contributed by atoms with E-state index in [2.05, 4.69) is 4.85 Å². The number of allylic oxidation sites excluding steroid dienone is 2. The number of hydrogen-bond acceptors (Lipinski definition) is 4. The fraction of sp³-hybridized carbons (Fsp3) is 0.120. The van der Waals surface area contributed by atoms with Gasteiger partial charge in [-0.25, -0.2) is 9.64 Å². The second-order valence-electron chi connectivity index (χ2n) is 7.31. The molecule has 2 aromatic rings. The molecule has 0 atom stereocenters. The van der Waals surface area contributed by atoms with Crippen molar-refractivity contribution < 1.29 is 19.5 Å². The van der Waals surface area contributed by atoms with Crippen LogP contribution in [0.4, 0.5) is 11.4 Å². The summed E-state index contributed by atoms with van der Waals surface area (Å²) in [5.74, 6) is -2.57. The van der Waals surface area contributed by atoms with Crippen molar-refractivity contribution in [2.75, 3.05) is 23.9 Å². The van der Waals surface area contributed by atoms with Gasteiger partial charge in [-0.15, -0.1) is 0 Å². The lowest BCUT2D eigenvalue weighted by molar-refractivity contribution is -0.123. The van der Waals surface area contributed by atoms with E-state index in [4.69, 9.17) is 6.57 Å². The van der Waals surface area contributed by atoms with Crippen LogP contribution in [0.2, 0.25) is 0 Å². The zero-order chi connectivity index (χ0) is 23.4. The number of carboxylic acids is 1. The molecular formula is C25H21N3O4. The van der Waals surface area contributed by atoms with Crippen LogP contribution in [0.5, 0.6) is 0 Å². The number of amides is 2. The zero-order valence-corrected chi connectivity index (χ0v) is 17.9. The van der Waals surface area contributed by atoms with Crippen molar-refractivity contribution in [2.45, 2.75) is 6.92 Å². The van der Waals surface area contributed by atoms with Gasteiger partial charge in [0.2, 0.25) is 0 Å². The summed E-state index contributed by atoms with van der Waals surface area (Å²) >= 11 is 0. The van der Waals surface area contributed by atoms with Crippen LogP contribution in [0.15, 0.2) is 77.5 Å². The van der Waals surface area contributed by atoms with Crippen LogP contribution in [-0.2, 0) is 9.59 Å². The maximum Gasteiger partial charge on any atom is 0.335 e. The Bertz CT molecular complexity index is 1230. The Balaban J connectivity index is 1.99. The Morgan fingerprint density at radius 3 is 2.38 bits per heavy atom. The first-order chi connectivity index (χ1) is 15.2. The molecule has 0 unspecified atom stereocenters. The summed E-state index contributed by atoms with van der Waals surface area (Å²) in [5, 5.41) is 9.23. The number of aromatic carboxylic acids is 1. The topological polar surface area (TPSA) is 82.3 Å². The summed E-state index contributed by atoms with van der Waals surface area (Å²) in [5.41, 5.74) is 2.31. The Hall–Kier alpha value is -4.44. The zero-order valence-electron chi connectivity index (χ0n) is 17.9. The van der Waals surface area contributed by atoms with Crippen molar-refractivity contribution in [3.8, 4) is 0 Å². The number of nitrogens with zero attached hydrogens (tertiary/aromatic N) is 3. The minimum absolute atomic E-state index is 0.0645. The molecule has 0 bridgehead atoms. The van der Waals surface area contributed by atoms with E-state index in [1.54, 1.807) is 19.1 Å². The van der Waals surface area contributed by atoms with Crippen LogP contribution >= 0.6 is 0 Å². The van der Waals surface area contributed by atoms with Gasteiger partial charge in [-0.05, 0) is 48.4 Å². The molecule has 0 saturated carbocycles. The molecule has 7 nitrogen and oxygen atoms in total. The molecule has 0 saturated heterocycles. The summed E-state index contributed by atoms with van der Waals surface area (Å²) in [7, 11) is 3.90. The quantitative estimate of drug-likeness (QED) is 0.440. The van der Waals surface area contributed by atoms with E-state index in [1.165, 1.54) is 24.3 Å². The van der Waals surface area contributed by atoms with Crippen LogP contribution in [0, 0.1) is 6.57 Å². The minimum atomic E-state index is -1.18. The monoisotopic (exact) mass is 427 g/mol. The maximum atomic E-state index is 13.2. The Morgan fingerprint density at radius 2 is 1.78 bits per heavy atom. The molecule has 2 amide bonds. The predicted molar refractivity (Wildman–Crippen MR) is 123 cm³/mol.